The first-order chi connectivity index (χ1) is 15.7. The van der Waals surface area contributed by atoms with Gasteiger partial charge in [0.2, 0.25) is 5.91 Å². The first kappa shape index (κ1) is 24.5. The Morgan fingerprint density at radius 2 is 1.59 bits per heavy atom. The summed E-state index contributed by atoms with van der Waals surface area (Å²) in [6.07, 6.45) is 15.9. The van der Waals surface area contributed by atoms with Crippen molar-refractivity contribution >= 4 is 5.91 Å². The highest BCUT2D eigenvalue weighted by molar-refractivity contribution is 5.76. The molecule has 1 amide bonds. The summed E-state index contributed by atoms with van der Waals surface area (Å²) >= 11 is 0. The van der Waals surface area contributed by atoms with E-state index >= 15 is 0 Å². The van der Waals surface area contributed by atoms with Crippen LogP contribution in [0.25, 0.3) is 0 Å². The number of aromatic amines is 2. The molecule has 0 bridgehead atoms. The van der Waals surface area contributed by atoms with Gasteiger partial charge in [0.05, 0.1) is 13.1 Å². The van der Waals surface area contributed by atoms with Crippen LogP contribution in [0.15, 0.2) is 24.8 Å². The van der Waals surface area contributed by atoms with Crippen molar-refractivity contribution < 1.29 is 4.79 Å². The predicted octanol–water partition coefficient (Wildman–Crippen LogP) is 3.46. The SMILES string of the molecule is CCCN(CCC)[C@H]1CC[C@H](NCCCC(=O)N(Cc2ncc[nH]2)Cc2ncc[nH]2)CC1. The van der Waals surface area contributed by atoms with Crippen LogP contribution in [0.4, 0.5) is 0 Å². The molecule has 0 aromatic carbocycles. The Kier molecular flexibility index (Phi) is 10.2. The molecule has 1 saturated carbocycles. The van der Waals surface area contributed by atoms with E-state index in [-0.39, 0.29) is 5.91 Å². The standard InChI is InChI=1S/C24H41N7O/c1-3-16-30(17-4-2)21-9-7-20(8-10-21)25-11-5-6-24(32)31(18-22-26-12-13-27-22)19-23-28-14-15-29-23/h12-15,20-21,25H,3-11,16-19H2,1-2H3,(H,26,27)(H,28,29)/t20-,21-. The van der Waals surface area contributed by atoms with E-state index in [1.165, 1.54) is 51.6 Å². The fourth-order valence-corrected chi connectivity index (χ4v) is 4.76. The van der Waals surface area contributed by atoms with Gasteiger partial charge in [0.25, 0.3) is 0 Å². The van der Waals surface area contributed by atoms with E-state index < -0.39 is 0 Å². The van der Waals surface area contributed by atoms with Crippen molar-refractivity contribution in [2.75, 3.05) is 19.6 Å². The fourth-order valence-electron chi connectivity index (χ4n) is 4.76. The second-order valence-electron chi connectivity index (χ2n) is 8.92. The topological polar surface area (TPSA) is 92.9 Å². The van der Waals surface area contributed by atoms with Crippen molar-refractivity contribution in [1.82, 2.24) is 35.1 Å². The van der Waals surface area contributed by atoms with E-state index in [1.807, 2.05) is 4.90 Å². The van der Waals surface area contributed by atoms with Crippen LogP contribution in [-0.2, 0) is 17.9 Å². The van der Waals surface area contributed by atoms with Crippen LogP contribution in [0.3, 0.4) is 0 Å². The van der Waals surface area contributed by atoms with E-state index in [4.69, 9.17) is 0 Å². The second-order valence-corrected chi connectivity index (χ2v) is 8.92. The van der Waals surface area contributed by atoms with Gasteiger partial charge >= 0.3 is 0 Å². The summed E-state index contributed by atoms with van der Waals surface area (Å²) in [5.41, 5.74) is 0. The fraction of sp³-hybridized carbons (Fsp3) is 0.708. The zero-order valence-corrected chi connectivity index (χ0v) is 19.9. The second kappa shape index (κ2) is 13.4. The molecule has 0 aliphatic heterocycles. The third-order valence-corrected chi connectivity index (χ3v) is 6.38. The lowest BCUT2D eigenvalue weighted by Crippen LogP contribution is -2.43. The van der Waals surface area contributed by atoms with Gasteiger partial charge < -0.3 is 25.1 Å². The number of amides is 1. The minimum Gasteiger partial charge on any atom is -0.347 e. The number of H-pyrrole nitrogens is 2. The Morgan fingerprint density at radius 3 is 2.09 bits per heavy atom. The molecule has 0 saturated heterocycles. The maximum Gasteiger partial charge on any atom is 0.223 e. The molecular weight excluding hydrogens is 402 g/mol. The summed E-state index contributed by atoms with van der Waals surface area (Å²) in [6, 6.07) is 1.35. The normalized spacial score (nSPS) is 18.8. The molecule has 8 nitrogen and oxygen atoms in total. The average Bonchev–Trinajstić information content (AvgIpc) is 3.51. The van der Waals surface area contributed by atoms with Crippen molar-refractivity contribution in [3.63, 3.8) is 0 Å². The first-order valence-corrected chi connectivity index (χ1v) is 12.4. The van der Waals surface area contributed by atoms with Gasteiger partial charge in [-0.05, 0) is 64.6 Å². The van der Waals surface area contributed by atoms with E-state index in [0.29, 0.717) is 25.6 Å². The number of nitrogens with one attached hydrogen (secondary N) is 3. The van der Waals surface area contributed by atoms with Crippen molar-refractivity contribution in [1.29, 1.82) is 0 Å². The number of carbonyl (C=O) groups is 1. The minimum absolute atomic E-state index is 0.137. The Labute approximate surface area is 192 Å². The van der Waals surface area contributed by atoms with Crippen molar-refractivity contribution in [2.45, 2.75) is 90.4 Å². The first-order valence-electron chi connectivity index (χ1n) is 12.4. The van der Waals surface area contributed by atoms with Crippen molar-refractivity contribution in [3.8, 4) is 0 Å². The Balaban J connectivity index is 1.38. The third kappa shape index (κ3) is 7.74. The van der Waals surface area contributed by atoms with Gasteiger partial charge in [0, 0.05) is 43.3 Å². The monoisotopic (exact) mass is 443 g/mol. The molecule has 8 heteroatoms. The van der Waals surface area contributed by atoms with Crippen LogP contribution in [0.1, 0.15) is 76.9 Å². The molecule has 1 fully saturated rings. The Morgan fingerprint density at radius 1 is 1.00 bits per heavy atom. The number of hydrogen-bond acceptors (Lipinski definition) is 5. The summed E-state index contributed by atoms with van der Waals surface area (Å²) in [5.74, 6) is 1.72. The number of imidazole rings is 2. The van der Waals surface area contributed by atoms with Gasteiger partial charge in [0.1, 0.15) is 11.6 Å². The van der Waals surface area contributed by atoms with E-state index in [2.05, 4.69) is 44.0 Å². The van der Waals surface area contributed by atoms with E-state index in [9.17, 15) is 4.79 Å². The van der Waals surface area contributed by atoms with Crippen molar-refractivity contribution in [3.05, 3.63) is 36.4 Å². The van der Waals surface area contributed by atoms with Crippen LogP contribution in [0.2, 0.25) is 0 Å². The van der Waals surface area contributed by atoms with Crippen LogP contribution >= 0.6 is 0 Å². The maximum atomic E-state index is 12.9. The highest BCUT2D eigenvalue weighted by atomic mass is 16.2. The molecule has 2 aromatic rings. The van der Waals surface area contributed by atoms with Gasteiger partial charge in [-0.2, -0.15) is 0 Å². The molecule has 0 spiro atoms. The largest absolute Gasteiger partial charge is 0.347 e. The zero-order valence-electron chi connectivity index (χ0n) is 19.9. The quantitative estimate of drug-likeness (QED) is 0.389. The maximum absolute atomic E-state index is 12.9. The number of carbonyl (C=O) groups excluding carboxylic acids is 1. The number of rotatable bonds is 14. The van der Waals surface area contributed by atoms with Gasteiger partial charge in [-0.25, -0.2) is 9.97 Å². The lowest BCUT2D eigenvalue weighted by atomic mass is 9.90. The molecule has 178 valence electrons. The summed E-state index contributed by atoms with van der Waals surface area (Å²) in [4.78, 5) is 32.1. The molecule has 1 aliphatic carbocycles. The summed E-state index contributed by atoms with van der Waals surface area (Å²) < 4.78 is 0. The molecule has 0 unspecified atom stereocenters. The number of hydrogen-bond donors (Lipinski definition) is 3. The van der Waals surface area contributed by atoms with Crippen LogP contribution in [-0.4, -0.2) is 67.4 Å². The summed E-state index contributed by atoms with van der Waals surface area (Å²) in [6.45, 7) is 8.84. The van der Waals surface area contributed by atoms with E-state index in [1.54, 1.807) is 24.8 Å². The van der Waals surface area contributed by atoms with Crippen LogP contribution in [0.5, 0.6) is 0 Å². The average molecular weight is 444 g/mol. The smallest absolute Gasteiger partial charge is 0.223 e. The molecule has 1 aliphatic rings. The Bertz CT molecular complexity index is 696. The zero-order chi connectivity index (χ0) is 22.6. The minimum atomic E-state index is 0.137. The Hall–Kier alpha value is -2.19. The van der Waals surface area contributed by atoms with Gasteiger partial charge in [-0.3, -0.25) is 4.79 Å². The molecule has 0 atom stereocenters. The highest BCUT2D eigenvalue weighted by Gasteiger charge is 2.25. The summed E-state index contributed by atoms with van der Waals surface area (Å²) in [5, 5.41) is 3.70. The van der Waals surface area contributed by atoms with Gasteiger partial charge in [-0.1, -0.05) is 13.8 Å². The van der Waals surface area contributed by atoms with Gasteiger partial charge in [-0.15, -0.1) is 0 Å². The third-order valence-electron chi connectivity index (χ3n) is 6.38. The lowest BCUT2D eigenvalue weighted by molar-refractivity contribution is -0.132. The van der Waals surface area contributed by atoms with Crippen LogP contribution < -0.4 is 5.32 Å². The molecule has 0 radical (unpaired) electrons. The van der Waals surface area contributed by atoms with E-state index in [0.717, 1.165) is 30.7 Å². The molecule has 2 heterocycles. The number of nitrogens with zero attached hydrogens (tertiary/aromatic N) is 4. The molecule has 32 heavy (non-hydrogen) atoms. The lowest BCUT2D eigenvalue weighted by Gasteiger charge is -2.37. The molecule has 2 aromatic heterocycles. The highest BCUT2D eigenvalue weighted by Crippen LogP contribution is 2.23. The number of aromatic nitrogens is 4. The molecule has 3 N–H and O–H groups in total. The van der Waals surface area contributed by atoms with Crippen LogP contribution in [0, 0.1) is 0 Å². The predicted molar refractivity (Wildman–Crippen MR) is 127 cm³/mol. The molecular formula is C24H41N7O. The summed E-state index contributed by atoms with van der Waals surface area (Å²) in [7, 11) is 0. The van der Waals surface area contributed by atoms with Gasteiger partial charge in [0.15, 0.2) is 0 Å². The van der Waals surface area contributed by atoms with Crippen molar-refractivity contribution in [2.24, 2.45) is 0 Å². The molecule has 3 rings (SSSR count).